The van der Waals surface area contributed by atoms with Crippen molar-refractivity contribution in [2.75, 3.05) is 6.54 Å². The molecule has 1 aliphatic rings. The molecule has 2 N–H and O–H groups in total. The Kier molecular flexibility index (Phi) is 3.88. The highest BCUT2D eigenvalue weighted by atomic mass is 19.1. The van der Waals surface area contributed by atoms with Crippen molar-refractivity contribution in [2.45, 2.75) is 19.3 Å². The first-order valence-corrected chi connectivity index (χ1v) is 6.31. The highest BCUT2D eigenvalue weighted by molar-refractivity contribution is 5.95. The van der Waals surface area contributed by atoms with Gasteiger partial charge >= 0.3 is 5.97 Å². The van der Waals surface area contributed by atoms with E-state index >= 15 is 0 Å². The minimum Gasteiger partial charge on any atom is -0.481 e. The number of rotatable bonds is 5. The molecule has 0 atom stereocenters. The van der Waals surface area contributed by atoms with Crippen LogP contribution in [0.15, 0.2) is 18.2 Å². The number of halogens is 1. The maximum absolute atomic E-state index is 13.7. The number of carboxylic acids is 1. The molecule has 0 aliphatic heterocycles. The van der Waals surface area contributed by atoms with Crippen LogP contribution < -0.4 is 5.32 Å². The second kappa shape index (κ2) is 5.47. The third kappa shape index (κ3) is 2.83. The number of hydrogen-bond acceptors (Lipinski definition) is 4. The number of nitrogens with one attached hydrogen (secondary N) is 1. The summed E-state index contributed by atoms with van der Waals surface area (Å²) in [4.78, 5) is 32.7. The molecule has 0 radical (unpaired) electrons. The van der Waals surface area contributed by atoms with Gasteiger partial charge in [-0.25, -0.2) is 4.39 Å². The summed E-state index contributed by atoms with van der Waals surface area (Å²) in [7, 11) is 0. The molecule has 0 heterocycles. The van der Waals surface area contributed by atoms with Crippen LogP contribution in [0.1, 0.15) is 29.6 Å². The maximum Gasteiger partial charge on any atom is 0.311 e. The lowest BCUT2D eigenvalue weighted by atomic mass is 9.69. The van der Waals surface area contributed by atoms with E-state index in [0.717, 1.165) is 18.6 Å². The molecule has 0 spiro atoms. The number of non-ortho nitro benzene ring substituents is 1. The molecular weight excluding hydrogens is 283 g/mol. The fraction of sp³-hybridized carbons (Fsp3) is 0.385. The summed E-state index contributed by atoms with van der Waals surface area (Å²) >= 11 is 0. The molecule has 112 valence electrons. The van der Waals surface area contributed by atoms with Crippen molar-refractivity contribution in [1.82, 2.24) is 5.32 Å². The van der Waals surface area contributed by atoms with E-state index in [-0.39, 0.29) is 12.1 Å². The fourth-order valence-corrected chi connectivity index (χ4v) is 2.22. The predicted molar refractivity (Wildman–Crippen MR) is 69.3 cm³/mol. The van der Waals surface area contributed by atoms with Crippen LogP contribution in [0.3, 0.4) is 0 Å². The molecule has 0 saturated heterocycles. The molecule has 0 bridgehead atoms. The quantitative estimate of drug-likeness (QED) is 0.635. The topological polar surface area (TPSA) is 110 Å². The van der Waals surface area contributed by atoms with Gasteiger partial charge < -0.3 is 10.4 Å². The Morgan fingerprint density at radius 3 is 2.52 bits per heavy atom. The van der Waals surface area contributed by atoms with Gasteiger partial charge in [-0.3, -0.25) is 19.7 Å². The number of carbonyl (C=O) groups excluding carboxylic acids is 1. The molecule has 0 aromatic heterocycles. The highest BCUT2D eigenvalue weighted by Crippen LogP contribution is 2.40. The zero-order valence-corrected chi connectivity index (χ0v) is 11.0. The molecule has 1 aliphatic carbocycles. The van der Waals surface area contributed by atoms with E-state index in [0.29, 0.717) is 18.9 Å². The molecule has 8 heteroatoms. The van der Waals surface area contributed by atoms with Gasteiger partial charge in [-0.2, -0.15) is 0 Å². The Balaban J connectivity index is 2.07. The van der Waals surface area contributed by atoms with Gasteiger partial charge in [-0.15, -0.1) is 0 Å². The average Bonchev–Trinajstić information content (AvgIpc) is 2.36. The number of nitro groups is 1. The van der Waals surface area contributed by atoms with Crippen LogP contribution in [-0.4, -0.2) is 28.5 Å². The Labute approximate surface area is 118 Å². The van der Waals surface area contributed by atoms with Gasteiger partial charge in [0.1, 0.15) is 5.82 Å². The number of aliphatic carboxylic acids is 1. The van der Waals surface area contributed by atoms with Crippen molar-refractivity contribution in [3.63, 3.8) is 0 Å². The van der Waals surface area contributed by atoms with Crippen LogP contribution >= 0.6 is 0 Å². The fourth-order valence-electron chi connectivity index (χ4n) is 2.22. The normalized spacial score (nSPS) is 15.9. The Morgan fingerprint density at radius 1 is 1.43 bits per heavy atom. The number of nitro benzene ring substituents is 1. The Hall–Kier alpha value is -2.51. The zero-order valence-electron chi connectivity index (χ0n) is 11.0. The van der Waals surface area contributed by atoms with E-state index in [2.05, 4.69) is 5.32 Å². The number of hydrogen-bond donors (Lipinski definition) is 2. The summed E-state index contributed by atoms with van der Waals surface area (Å²) in [6.07, 6.45) is 1.70. The van der Waals surface area contributed by atoms with E-state index in [1.165, 1.54) is 0 Å². The van der Waals surface area contributed by atoms with Gasteiger partial charge in [-0.1, -0.05) is 6.42 Å². The predicted octanol–water partition coefficient (Wildman–Crippen LogP) is 1.72. The lowest BCUT2D eigenvalue weighted by molar-refractivity contribution is -0.385. The number of carbonyl (C=O) groups is 2. The first-order chi connectivity index (χ1) is 9.85. The minimum absolute atomic E-state index is 0.0857. The van der Waals surface area contributed by atoms with Crippen molar-refractivity contribution in [3.05, 3.63) is 39.7 Å². The Morgan fingerprint density at radius 2 is 2.10 bits per heavy atom. The first-order valence-electron chi connectivity index (χ1n) is 6.31. The summed E-state index contributed by atoms with van der Waals surface area (Å²) in [6, 6.07) is 2.69. The highest BCUT2D eigenvalue weighted by Gasteiger charge is 2.44. The van der Waals surface area contributed by atoms with Crippen LogP contribution in [-0.2, 0) is 4.79 Å². The number of carboxylic acid groups (broad SMARTS) is 1. The van der Waals surface area contributed by atoms with Crippen molar-refractivity contribution < 1.29 is 24.0 Å². The molecule has 1 aromatic rings. The van der Waals surface area contributed by atoms with Gasteiger partial charge in [0, 0.05) is 12.6 Å². The lowest BCUT2D eigenvalue weighted by Gasteiger charge is -2.37. The third-order valence-corrected chi connectivity index (χ3v) is 3.76. The van der Waals surface area contributed by atoms with Crippen LogP contribution in [0, 0.1) is 21.3 Å². The summed E-state index contributed by atoms with van der Waals surface area (Å²) in [5.74, 6) is -2.78. The molecule has 1 amide bonds. The van der Waals surface area contributed by atoms with Gasteiger partial charge in [0.05, 0.1) is 22.0 Å². The molecular formula is C13H13FN2O5. The lowest BCUT2D eigenvalue weighted by Crippen LogP contribution is -2.47. The number of amides is 1. The summed E-state index contributed by atoms with van der Waals surface area (Å²) in [5, 5.41) is 22.0. The second-order valence-electron chi connectivity index (χ2n) is 5.04. The molecule has 1 saturated carbocycles. The van der Waals surface area contributed by atoms with Gasteiger partial charge in [-0.05, 0) is 18.9 Å². The molecule has 2 rings (SSSR count). The summed E-state index contributed by atoms with van der Waals surface area (Å²) < 4.78 is 13.7. The van der Waals surface area contributed by atoms with Crippen LogP contribution in [0.2, 0.25) is 0 Å². The first kappa shape index (κ1) is 14.9. The minimum atomic E-state index is -1.01. The molecule has 0 unspecified atom stereocenters. The Bertz CT molecular complexity index is 613. The number of benzene rings is 1. The summed E-state index contributed by atoms with van der Waals surface area (Å²) in [5.41, 5.74) is -1.78. The maximum atomic E-state index is 13.7. The average molecular weight is 296 g/mol. The van der Waals surface area contributed by atoms with E-state index in [4.69, 9.17) is 5.11 Å². The smallest absolute Gasteiger partial charge is 0.311 e. The van der Waals surface area contributed by atoms with E-state index in [9.17, 15) is 24.1 Å². The van der Waals surface area contributed by atoms with E-state index in [1.54, 1.807) is 0 Å². The monoisotopic (exact) mass is 296 g/mol. The standard InChI is InChI=1S/C13H13FN2O5/c14-10-6-8(16(20)21)2-3-9(10)11(17)15-7-13(12(18)19)4-1-5-13/h2-3,6H,1,4-5,7H2,(H,15,17)(H,18,19). The van der Waals surface area contributed by atoms with E-state index < -0.39 is 33.7 Å². The molecule has 1 fully saturated rings. The van der Waals surface area contributed by atoms with Gasteiger partial charge in [0.25, 0.3) is 11.6 Å². The van der Waals surface area contributed by atoms with Crippen molar-refractivity contribution in [2.24, 2.45) is 5.41 Å². The van der Waals surface area contributed by atoms with Crippen molar-refractivity contribution in [1.29, 1.82) is 0 Å². The van der Waals surface area contributed by atoms with Crippen molar-refractivity contribution in [3.8, 4) is 0 Å². The molecule has 1 aromatic carbocycles. The van der Waals surface area contributed by atoms with Crippen LogP contribution in [0.25, 0.3) is 0 Å². The van der Waals surface area contributed by atoms with Crippen molar-refractivity contribution >= 4 is 17.6 Å². The number of nitrogens with zero attached hydrogens (tertiary/aromatic N) is 1. The second-order valence-corrected chi connectivity index (χ2v) is 5.04. The van der Waals surface area contributed by atoms with Gasteiger partial charge in [0.15, 0.2) is 0 Å². The summed E-state index contributed by atoms with van der Waals surface area (Å²) in [6.45, 7) is -0.0857. The van der Waals surface area contributed by atoms with E-state index in [1.807, 2.05) is 0 Å². The van der Waals surface area contributed by atoms with Crippen LogP contribution in [0.4, 0.5) is 10.1 Å². The largest absolute Gasteiger partial charge is 0.481 e. The SMILES string of the molecule is O=C(NCC1(C(=O)O)CCC1)c1ccc([N+](=O)[O-])cc1F. The third-order valence-electron chi connectivity index (χ3n) is 3.76. The molecule has 21 heavy (non-hydrogen) atoms. The van der Waals surface area contributed by atoms with Crippen LogP contribution in [0.5, 0.6) is 0 Å². The molecule has 7 nitrogen and oxygen atoms in total. The van der Waals surface area contributed by atoms with Gasteiger partial charge in [0.2, 0.25) is 0 Å². The zero-order chi connectivity index (χ0) is 15.6.